The maximum atomic E-state index is 5.82. The quantitative estimate of drug-likeness (QED) is 0.321. The van der Waals surface area contributed by atoms with Gasteiger partial charge in [-0.15, -0.1) is 24.0 Å². The van der Waals surface area contributed by atoms with Crippen LogP contribution in [-0.4, -0.2) is 24.5 Å². The van der Waals surface area contributed by atoms with E-state index in [-0.39, 0.29) is 24.0 Å². The molecule has 0 saturated heterocycles. The number of nitrogens with one attached hydrogen (secondary N) is 1. The van der Waals surface area contributed by atoms with Crippen LogP contribution in [0.1, 0.15) is 25.3 Å². The summed E-state index contributed by atoms with van der Waals surface area (Å²) in [6, 6.07) is 8.28. The third kappa shape index (κ3) is 8.36. The second kappa shape index (κ2) is 11.4. The van der Waals surface area contributed by atoms with E-state index in [1.54, 1.807) is 0 Å². The molecule has 0 unspecified atom stereocenters. The Morgan fingerprint density at radius 3 is 2.53 bits per heavy atom. The Morgan fingerprint density at radius 1 is 1.26 bits per heavy atom. The van der Waals surface area contributed by atoms with Gasteiger partial charge in [0.05, 0.1) is 0 Å². The number of unbranched alkanes of at least 4 members (excludes halogenated alkanes) is 1. The van der Waals surface area contributed by atoms with Crippen LogP contribution in [0.25, 0.3) is 0 Å². The largest absolute Gasteiger partial charge is 0.370 e. The minimum atomic E-state index is 0. The molecular weight excluding hydrogens is 369 g/mol. The van der Waals surface area contributed by atoms with Crippen LogP contribution < -0.4 is 11.1 Å². The molecule has 1 rings (SSSR count). The van der Waals surface area contributed by atoms with Crippen LogP contribution >= 0.6 is 35.7 Å². The predicted molar refractivity (Wildman–Crippen MR) is 99.0 cm³/mol. The van der Waals surface area contributed by atoms with Crippen LogP contribution in [0.2, 0.25) is 0 Å². The van der Waals surface area contributed by atoms with E-state index in [1.807, 2.05) is 23.9 Å². The average Bonchev–Trinajstić information content (AvgIpc) is 2.39. The van der Waals surface area contributed by atoms with Gasteiger partial charge in [-0.1, -0.05) is 19.1 Å². The molecule has 0 aromatic heterocycles. The zero-order chi connectivity index (χ0) is 13.2. The van der Waals surface area contributed by atoms with E-state index >= 15 is 0 Å². The summed E-state index contributed by atoms with van der Waals surface area (Å²) in [5, 5.41) is 3.11. The maximum Gasteiger partial charge on any atom is 0.193 e. The summed E-state index contributed by atoms with van der Waals surface area (Å²) in [6.07, 6.45) is 5.47. The highest BCUT2D eigenvalue weighted by Gasteiger charge is 1.95. The summed E-state index contributed by atoms with van der Waals surface area (Å²) in [6.45, 7) is 2.94. The molecule has 5 heteroatoms. The highest BCUT2D eigenvalue weighted by Crippen LogP contribution is 2.09. The normalized spacial score (nSPS) is 10.9. The zero-order valence-electron chi connectivity index (χ0n) is 11.7. The molecule has 3 nitrogen and oxygen atoms in total. The van der Waals surface area contributed by atoms with Gasteiger partial charge in [-0.2, -0.15) is 11.8 Å². The van der Waals surface area contributed by atoms with E-state index in [0.29, 0.717) is 5.96 Å². The molecule has 0 fully saturated rings. The fourth-order valence-corrected chi connectivity index (χ4v) is 2.06. The lowest BCUT2D eigenvalue weighted by Gasteiger charge is -2.06. The minimum Gasteiger partial charge on any atom is -0.370 e. The van der Waals surface area contributed by atoms with Crippen molar-refractivity contribution < 1.29 is 0 Å². The summed E-state index contributed by atoms with van der Waals surface area (Å²) in [7, 11) is 0. The Bertz CT molecular complexity index is 365. The average molecular weight is 393 g/mol. The van der Waals surface area contributed by atoms with Crippen LogP contribution in [0.15, 0.2) is 29.3 Å². The molecule has 0 aliphatic carbocycles. The number of rotatable bonds is 7. The standard InChI is InChI=1S/C14H23N3S.HI/c1-3-12-6-8-13(9-7-12)17-14(15)16-10-4-5-11-18-2;/h6-9H,3-5,10-11H2,1-2H3,(H3,15,16,17);1H. The number of anilines is 1. The Balaban J connectivity index is 0.00000324. The van der Waals surface area contributed by atoms with Crippen LogP contribution in [-0.2, 0) is 6.42 Å². The highest BCUT2D eigenvalue weighted by atomic mass is 127. The summed E-state index contributed by atoms with van der Waals surface area (Å²) in [5.74, 6) is 1.70. The number of hydrogen-bond donors (Lipinski definition) is 2. The molecule has 0 radical (unpaired) electrons. The number of thioether (sulfide) groups is 1. The van der Waals surface area contributed by atoms with E-state index in [4.69, 9.17) is 5.73 Å². The highest BCUT2D eigenvalue weighted by molar-refractivity contribution is 14.0. The molecule has 0 spiro atoms. The Hall–Kier alpha value is -0.430. The van der Waals surface area contributed by atoms with Gasteiger partial charge in [0.25, 0.3) is 0 Å². The van der Waals surface area contributed by atoms with Gasteiger partial charge in [0, 0.05) is 12.2 Å². The van der Waals surface area contributed by atoms with E-state index in [1.165, 1.54) is 17.7 Å². The van der Waals surface area contributed by atoms with E-state index < -0.39 is 0 Å². The molecule has 108 valence electrons. The molecule has 0 amide bonds. The van der Waals surface area contributed by atoms with Crippen LogP contribution in [0.3, 0.4) is 0 Å². The van der Waals surface area contributed by atoms with Gasteiger partial charge >= 0.3 is 0 Å². The molecule has 1 aromatic carbocycles. The lowest BCUT2D eigenvalue weighted by Crippen LogP contribution is -2.22. The molecule has 0 bridgehead atoms. The van der Waals surface area contributed by atoms with Gasteiger partial charge in [0.2, 0.25) is 0 Å². The Morgan fingerprint density at radius 2 is 1.95 bits per heavy atom. The smallest absolute Gasteiger partial charge is 0.193 e. The number of guanidine groups is 1. The number of aryl methyl sites for hydroxylation is 1. The third-order valence-corrected chi connectivity index (χ3v) is 3.37. The van der Waals surface area contributed by atoms with Gasteiger partial charge in [0.15, 0.2) is 5.96 Å². The van der Waals surface area contributed by atoms with Gasteiger partial charge < -0.3 is 11.1 Å². The molecule has 0 aliphatic rings. The fraction of sp³-hybridized carbons (Fsp3) is 0.500. The van der Waals surface area contributed by atoms with E-state index in [9.17, 15) is 0 Å². The Kier molecular flexibility index (Phi) is 11.1. The first kappa shape index (κ1) is 18.6. The van der Waals surface area contributed by atoms with Crippen molar-refractivity contribution in [2.45, 2.75) is 26.2 Å². The minimum absolute atomic E-state index is 0. The first-order valence-electron chi connectivity index (χ1n) is 6.41. The summed E-state index contributed by atoms with van der Waals surface area (Å²) >= 11 is 1.87. The number of nitrogens with zero attached hydrogens (tertiary/aromatic N) is 1. The van der Waals surface area contributed by atoms with Gasteiger partial charge in [0.1, 0.15) is 0 Å². The van der Waals surface area contributed by atoms with Crippen molar-refractivity contribution in [3.63, 3.8) is 0 Å². The SMILES string of the molecule is CCc1ccc(NC(N)=NCCCCSC)cc1.I. The van der Waals surface area contributed by atoms with Crippen molar-refractivity contribution in [2.24, 2.45) is 10.7 Å². The third-order valence-electron chi connectivity index (χ3n) is 2.67. The van der Waals surface area contributed by atoms with Crippen molar-refractivity contribution >= 4 is 47.4 Å². The monoisotopic (exact) mass is 393 g/mol. The number of benzene rings is 1. The maximum absolute atomic E-state index is 5.82. The molecular formula is C14H24IN3S. The summed E-state index contributed by atoms with van der Waals surface area (Å²) in [5.41, 5.74) is 8.15. The second-order valence-electron chi connectivity index (χ2n) is 4.14. The van der Waals surface area contributed by atoms with E-state index in [2.05, 4.69) is 35.6 Å². The first-order chi connectivity index (χ1) is 8.76. The molecule has 0 aliphatic heterocycles. The molecule has 0 atom stereocenters. The van der Waals surface area contributed by atoms with Crippen molar-refractivity contribution in [1.82, 2.24) is 0 Å². The Labute approximate surface area is 137 Å². The van der Waals surface area contributed by atoms with Crippen LogP contribution in [0.5, 0.6) is 0 Å². The lowest BCUT2D eigenvalue weighted by atomic mass is 10.1. The van der Waals surface area contributed by atoms with Crippen molar-refractivity contribution in [1.29, 1.82) is 0 Å². The van der Waals surface area contributed by atoms with Crippen LogP contribution in [0.4, 0.5) is 5.69 Å². The van der Waals surface area contributed by atoms with Gasteiger partial charge in [-0.05, 0) is 49.0 Å². The zero-order valence-corrected chi connectivity index (χ0v) is 14.8. The summed E-state index contributed by atoms with van der Waals surface area (Å²) in [4.78, 5) is 4.31. The number of nitrogens with two attached hydrogens (primary N) is 1. The molecule has 0 saturated carbocycles. The number of halogens is 1. The topological polar surface area (TPSA) is 50.4 Å². The summed E-state index contributed by atoms with van der Waals surface area (Å²) < 4.78 is 0. The first-order valence-corrected chi connectivity index (χ1v) is 7.80. The number of hydrogen-bond acceptors (Lipinski definition) is 2. The molecule has 3 N–H and O–H groups in total. The van der Waals surface area contributed by atoms with E-state index in [0.717, 1.165) is 25.1 Å². The number of aliphatic imine (C=N–C) groups is 1. The molecule has 0 heterocycles. The predicted octanol–water partition coefficient (Wildman–Crippen LogP) is 3.74. The van der Waals surface area contributed by atoms with Gasteiger partial charge in [-0.25, -0.2) is 0 Å². The molecule has 1 aromatic rings. The van der Waals surface area contributed by atoms with Crippen LogP contribution in [0, 0.1) is 0 Å². The second-order valence-corrected chi connectivity index (χ2v) is 5.13. The van der Waals surface area contributed by atoms with Crippen molar-refractivity contribution in [2.75, 3.05) is 23.9 Å². The van der Waals surface area contributed by atoms with Gasteiger partial charge in [-0.3, -0.25) is 4.99 Å². The van der Waals surface area contributed by atoms with Crippen molar-refractivity contribution in [3.8, 4) is 0 Å². The lowest BCUT2D eigenvalue weighted by molar-refractivity contribution is 0.815. The fourth-order valence-electron chi connectivity index (χ4n) is 1.57. The van der Waals surface area contributed by atoms with Crippen molar-refractivity contribution in [3.05, 3.63) is 29.8 Å². The molecule has 19 heavy (non-hydrogen) atoms.